The van der Waals surface area contributed by atoms with E-state index in [0.29, 0.717) is 18.6 Å². The molecule has 264 valence electrons. The SMILES string of the molecule is COC(=O)CCCCN(CCC1(C)CCCCCCCC(OCc2ccc(/C=C/c3ccccc3)cc2)C1)Cc1ccc(C(=O)OC)cc1. The van der Waals surface area contributed by atoms with Crippen LogP contribution in [0.2, 0.25) is 0 Å². The Hall–Kier alpha value is -3.74. The fourth-order valence-corrected chi connectivity index (χ4v) is 6.80. The molecule has 0 saturated heterocycles. The van der Waals surface area contributed by atoms with E-state index in [1.165, 1.54) is 75.0 Å². The van der Waals surface area contributed by atoms with E-state index in [2.05, 4.69) is 72.5 Å². The Kier molecular flexibility index (Phi) is 16.1. The molecule has 1 aliphatic rings. The number of rotatable bonds is 16. The molecule has 0 bridgehead atoms. The molecule has 3 aromatic rings. The Morgan fingerprint density at radius 3 is 2.16 bits per heavy atom. The molecule has 0 heterocycles. The summed E-state index contributed by atoms with van der Waals surface area (Å²) in [5.74, 6) is -0.472. The Morgan fingerprint density at radius 1 is 0.776 bits per heavy atom. The van der Waals surface area contributed by atoms with E-state index in [1.807, 2.05) is 30.3 Å². The van der Waals surface area contributed by atoms with Crippen LogP contribution in [0.4, 0.5) is 0 Å². The Bertz CT molecular complexity index is 1420. The topological polar surface area (TPSA) is 65.1 Å². The molecule has 2 unspecified atom stereocenters. The van der Waals surface area contributed by atoms with Gasteiger partial charge in [0.2, 0.25) is 0 Å². The van der Waals surface area contributed by atoms with Gasteiger partial charge in [-0.3, -0.25) is 9.69 Å². The van der Waals surface area contributed by atoms with Crippen LogP contribution in [0, 0.1) is 5.41 Å². The number of esters is 2. The monoisotopic (exact) mass is 667 g/mol. The number of hydrogen-bond acceptors (Lipinski definition) is 6. The van der Waals surface area contributed by atoms with Crippen LogP contribution in [0.15, 0.2) is 78.9 Å². The van der Waals surface area contributed by atoms with Crippen molar-refractivity contribution in [1.29, 1.82) is 0 Å². The maximum Gasteiger partial charge on any atom is 0.337 e. The Morgan fingerprint density at radius 2 is 1.45 bits per heavy atom. The van der Waals surface area contributed by atoms with E-state index in [-0.39, 0.29) is 23.5 Å². The number of benzene rings is 3. The number of ether oxygens (including phenoxy) is 3. The molecule has 0 spiro atoms. The van der Waals surface area contributed by atoms with E-state index >= 15 is 0 Å². The average Bonchev–Trinajstić information content (AvgIpc) is 3.13. The highest BCUT2D eigenvalue weighted by molar-refractivity contribution is 5.89. The van der Waals surface area contributed by atoms with Crippen LogP contribution in [0.5, 0.6) is 0 Å². The highest BCUT2D eigenvalue weighted by Gasteiger charge is 2.29. The van der Waals surface area contributed by atoms with E-state index in [4.69, 9.17) is 14.2 Å². The first-order chi connectivity index (χ1) is 23.9. The quantitative estimate of drug-likeness (QED) is 0.0861. The summed E-state index contributed by atoms with van der Waals surface area (Å²) in [6, 6.07) is 26.9. The Balaban J connectivity index is 1.38. The van der Waals surface area contributed by atoms with Gasteiger partial charge in [-0.2, -0.15) is 0 Å². The Labute approximate surface area is 294 Å². The van der Waals surface area contributed by atoms with Gasteiger partial charge >= 0.3 is 11.9 Å². The summed E-state index contributed by atoms with van der Waals surface area (Å²) >= 11 is 0. The first kappa shape index (κ1) is 38.1. The highest BCUT2D eigenvalue weighted by Crippen LogP contribution is 2.37. The second-order valence-corrected chi connectivity index (χ2v) is 14.0. The maximum absolute atomic E-state index is 12.0. The lowest BCUT2D eigenvalue weighted by atomic mass is 9.75. The first-order valence-electron chi connectivity index (χ1n) is 18.3. The van der Waals surface area contributed by atoms with Gasteiger partial charge in [0.1, 0.15) is 0 Å². The van der Waals surface area contributed by atoms with E-state index in [9.17, 15) is 9.59 Å². The predicted molar refractivity (Wildman–Crippen MR) is 199 cm³/mol. The third-order valence-corrected chi connectivity index (χ3v) is 9.91. The van der Waals surface area contributed by atoms with Crippen molar-refractivity contribution in [3.8, 4) is 0 Å². The summed E-state index contributed by atoms with van der Waals surface area (Å²) in [5, 5.41) is 0. The molecule has 0 N–H and O–H groups in total. The minimum Gasteiger partial charge on any atom is -0.469 e. The molecule has 6 heteroatoms. The lowest BCUT2D eigenvalue weighted by molar-refractivity contribution is -0.140. The first-order valence-corrected chi connectivity index (χ1v) is 18.3. The van der Waals surface area contributed by atoms with Gasteiger partial charge in [0.25, 0.3) is 0 Å². The van der Waals surface area contributed by atoms with Crippen molar-refractivity contribution in [1.82, 2.24) is 4.90 Å². The van der Waals surface area contributed by atoms with E-state index < -0.39 is 0 Å². The molecule has 49 heavy (non-hydrogen) atoms. The van der Waals surface area contributed by atoms with Crippen LogP contribution in [0.1, 0.15) is 117 Å². The number of methoxy groups -OCH3 is 2. The van der Waals surface area contributed by atoms with Gasteiger partial charge in [0.05, 0.1) is 32.5 Å². The van der Waals surface area contributed by atoms with Crippen molar-refractivity contribution in [2.24, 2.45) is 5.41 Å². The number of hydrogen-bond donors (Lipinski definition) is 0. The van der Waals surface area contributed by atoms with Crippen molar-refractivity contribution < 1.29 is 23.8 Å². The molecular formula is C43H57NO5. The van der Waals surface area contributed by atoms with Crippen molar-refractivity contribution in [3.63, 3.8) is 0 Å². The fraction of sp³-hybridized carbons (Fsp3) is 0.488. The van der Waals surface area contributed by atoms with Crippen LogP contribution in [0.3, 0.4) is 0 Å². The lowest BCUT2D eigenvalue weighted by Gasteiger charge is -2.36. The van der Waals surface area contributed by atoms with Gasteiger partial charge in [0.15, 0.2) is 0 Å². The zero-order valence-electron chi connectivity index (χ0n) is 30.0. The van der Waals surface area contributed by atoms with Crippen LogP contribution in [-0.2, 0) is 32.2 Å². The summed E-state index contributed by atoms with van der Waals surface area (Å²) in [6.07, 6.45) is 17.6. The third-order valence-electron chi connectivity index (χ3n) is 9.91. The van der Waals surface area contributed by atoms with E-state index in [1.54, 1.807) is 0 Å². The minimum absolute atomic E-state index is 0.152. The molecule has 3 aromatic carbocycles. The molecule has 1 saturated carbocycles. The van der Waals surface area contributed by atoms with Crippen LogP contribution < -0.4 is 0 Å². The zero-order chi connectivity index (χ0) is 34.7. The standard InChI is InChI=1S/C43H57NO5/c1-43(29-31-44(30-13-11-17-41(45)47-2)33-37-24-26-39(27-25-37)42(46)48-3)28-12-6-4-5-10-16-40(32-43)49-34-38-22-20-36(21-23-38)19-18-35-14-8-7-9-15-35/h7-9,14-15,18-27,40H,4-6,10-13,16-17,28-34H2,1-3H3/b19-18+. The molecule has 1 fully saturated rings. The van der Waals surface area contributed by atoms with Crippen LogP contribution in [-0.4, -0.2) is 50.3 Å². The molecule has 6 nitrogen and oxygen atoms in total. The summed E-state index contributed by atoms with van der Waals surface area (Å²) in [4.78, 5) is 26.2. The summed E-state index contributed by atoms with van der Waals surface area (Å²) in [5.41, 5.74) is 5.50. The maximum atomic E-state index is 12.0. The second-order valence-electron chi connectivity index (χ2n) is 14.0. The zero-order valence-corrected chi connectivity index (χ0v) is 30.0. The molecule has 1 aliphatic carbocycles. The van der Waals surface area contributed by atoms with Crippen LogP contribution in [0.25, 0.3) is 12.2 Å². The highest BCUT2D eigenvalue weighted by atomic mass is 16.5. The predicted octanol–water partition coefficient (Wildman–Crippen LogP) is 9.91. The summed E-state index contributed by atoms with van der Waals surface area (Å²) < 4.78 is 16.4. The lowest BCUT2D eigenvalue weighted by Crippen LogP contribution is -2.33. The fourth-order valence-electron chi connectivity index (χ4n) is 6.80. The van der Waals surface area contributed by atoms with Gasteiger partial charge in [0, 0.05) is 13.0 Å². The van der Waals surface area contributed by atoms with Crippen LogP contribution >= 0.6 is 0 Å². The number of carbonyl (C=O) groups excluding carboxylic acids is 2. The van der Waals surface area contributed by atoms with Gasteiger partial charge in [-0.1, -0.05) is 118 Å². The van der Waals surface area contributed by atoms with Crippen molar-refractivity contribution in [3.05, 3.63) is 107 Å². The molecule has 4 rings (SSSR count). The van der Waals surface area contributed by atoms with Gasteiger partial charge in [-0.05, 0) is 91.4 Å². The molecule has 0 aliphatic heterocycles. The van der Waals surface area contributed by atoms with Crippen molar-refractivity contribution in [2.75, 3.05) is 27.3 Å². The third kappa shape index (κ3) is 14.0. The number of nitrogens with zero attached hydrogens (tertiary/aromatic N) is 1. The molecule has 0 radical (unpaired) electrons. The molecule has 0 amide bonds. The molecule has 0 aromatic heterocycles. The van der Waals surface area contributed by atoms with Gasteiger partial charge < -0.3 is 14.2 Å². The summed E-state index contributed by atoms with van der Waals surface area (Å²) in [7, 11) is 2.86. The number of unbranched alkanes of at least 4 members (excludes halogenated alkanes) is 1. The van der Waals surface area contributed by atoms with Crippen molar-refractivity contribution >= 4 is 24.1 Å². The normalized spacial score (nSPS) is 18.7. The summed E-state index contributed by atoms with van der Waals surface area (Å²) in [6.45, 7) is 5.78. The second kappa shape index (κ2) is 20.7. The van der Waals surface area contributed by atoms with Gasteiger partial charge in [-0.25, -0.2) is 4.79 Å². The minimum atomic E-state index is -0.320. The average molecular weight is 668 g/mol. The largest absolute Gasteiger partial charge is 0.469 e. The van der Waals surface area contributed by atoms with Crippen molar-refractivity contribution in [2.45, 2.75) is 103 Å². The smallest absolute Gasteiger partial charge is 0.337 e. The molecule has 2 atom stereocenters. The van der Waals surface area contributed by atoms with E-state index in [0.717, 1.165) is 51.7 Å². The molecular weight excluding hydrogens is 610 g/mol. The number of carbonyl (C=O) groups is 2. The van der Waals surface area contributed by atoms with Gasteiger partial charge in [-0.15, -0.1) is 0 Å².